The van der Waals surface area contributed by atoms with Crippen LogP contribution in [0, 0.1) is 5.82 Å². The molecule has 0 fully saturated rings. The Morgan fingerprint density at radius 2 is 1.67 bits per heavy atom. The molecule has 0 unspecified atom stereocenters. The minimum atomic E-state index is -0.377. The molecule has 0 saturated carbocycles. The van der Waals surface area contributed by atoms with Crippen LogP contribution >= 0.6 is 23.6 Å². The van der Waals surface area contributed by atoms with Crippen LogP contribution in [0.1, 0.15) is 20.0 Å². The minimum Gasteiger partial charge on any atom is -0.332 e. The highest BCUT2D eigenvalue weighted by Crippen LogP contribution is 2.14. The second kappa shape index (κ2) is 8.52. The van der Waals surface area contributed by atoms with Gasteiger partial charge in [0.15, 0.2) is 5.11 Å². The molecular weight excluding hydrogens is 385 g/mol. The third-order valence-electron chi connectivity index (χ3n) is 3.46. The predicted octanol–water partition coefficient (Wildman–Crippen LogP) is 4.27. The van der Waals surface area contributed by atoms with Gasteiger partial charge in [0.2, 0.25) is 0 Å². The van der Waals surface area contributed by atoms with Gasteiger partial charge >= 0.3 is 0 Å². The number of anilines is 2. The first-order chi connectivity index (χ1) is 13.0. The van der Waals surface area contributed by atoms with Crippen LogP contribution in [0.4, 0.5) is 15.8 Å². The number of thiocarbonyl (C=S) groups is 1. The van der Waals surface area contributed by atoms with Gasteiger partial charge in [-0.25, -0.2) is 4.39 Å². The van der Waals surface area contributed by atoms with Gasteiger partial charge in [0.1, 0.15) is 5.82 Å². The van der Waals surface area contributed by atoms with Crippen LogP contribution < -0.4 is 16.0 Å². The third-order valence-corrected chi connectivity index (χ3v) is 4.53. The molecule has 0 bridgehead atoms. The van der Waals surface area contributed by atoms with E-state index in [0.717, 1.165) is 0 Å². The molecule has 3 rings (SSSR count). The lowest BCUT2D eigenvalue weighted by Crippen LogP contribution is -2.33. The molecule has 0 aliphatic rings. The lowest BCUT2D eigenvalue weighted by Gasteiger charge is -2.10. The molecular formula is C19H14FN3O2S2. The SMILES string of the molecule is O=C(Nc1ccc(F)cc1)c1cccc(NC(=S)NC(=O)c2cccs2)c1. The van der Waals surface area contributed by atoms with Crippen molar-refractivity contribution in [3.63, 3.8) is 0 Å². The zero-order valence-corrected chi connectivity index (χ0v) is 15.5. The molecule has 1 heterocycles. The molecule has 3 aromatic rings. The monoisotopic (exact) mass is 399 g/mol. The first kappa shape index (κ1) is 18.7. The smallest absolute Gasteiger partial charge is 0.267 e. The summed E-state index contributed by atoms with van der Waals surface area (Å²) in [7, 11) is 0. The number of hydrogen-bond donors (Lipinski definition) is 3. The minimum absolute atomic E-state index is 0.129. The molecule has 0 radical (unpaired) electrons. The molecule has 2 aromatic carbocycles. The summed E-state index contributed by atoms with van der Waals surface area (Å²) in [6.45, 7) is 0. The van der Waals surface area contributed by atoms with E-state index in [1.807, 2.05) is 0 Å². The van der Waals surface area contributed by atoms with Crippen molar-refractivity contribution in [3.8, 4) is 0 Å². The zero-order valence-electron chi connectivity index (χ0n) is 13.9. The number of benzene rings is 2. The van der Waals surface area contributed by atoms with Crippen LogP contribution in [0.15, 0.2) is 66.0 Å². The Morgan fingerprint density at radius 3 is 2.37 bits per heavy atom. The van der Waals surface area contributed by atoms with Crippen molar-refractivity contribution in [2.45, 2.75) is 0 Å². The van der Waals surface area contributed by atoms with Crippen molar-refractivity contribution in [1.29, 1.82) is 0 Å². The average molecular weight is 399 g/mol. The maximum atomic E-state index is 12.9. The van der Waals surface area contributed by atoms with Crippen LogP contribution in [0.5, 0.6) is 0 Å². The van der Waals surface area contributed by atoms with Gasteiger partial charge in [-0.1, -0.05) is 12.1 Å². The highest BCUT2D eigenvalue weighted by atomic mass is 32.1. The largest absolute Gasteiger partial charge is 0.332 e. The average Bonchev–Trinajstić information content (AvgIpc) is 3.18. The standard InChI is InChI=1S/C19H14FN3O2S2/c20-13-6-8-14(9-7-13)21-17(24)12-3-1-4-15(11-12)22-19(26)23-18(25)16-5-2-10-27-16/h1-11H,(H,21,24)(H2,22,23,25,26). The maximum Gasteiger partial charge on any atom is 0.267 e. The Balaban J connectivity index is 1.62. The van der Waals surface area contributed by atoms with Crippen molar-refractivity contribution in [2.75, 3.05) is 10.6 Å². The molecule has 0 spiro atoms. The number of rotatable bonds is 4. The number of carbonyl (C=O) groups excluding carboxylic acids is 2. The first-order valence-electron chi connectivity index (χ1n) is 7.84. The molecule has 136 valence electrons. The van der Waals surface area contributed by atoms with Crippen molar-refractivity contribution < 1.29 is 14.0 Å². The summed E-state index contributed by atoms with van der Waals surface area (Å²) in [4.78, 5) is 24.9. The fourth-order valence-corrected chi connectivity index (χ4v) is 3.04. The maximum absolute atomic E-state index is 12.9. The quantitative estimate of drug-likeness (QED) is 0.573. The summed E-state index contributed by atoms with van der Waals surface area (Å²) < 4.78 is 12.9. The van der Waals surface area contributed by atoms with Gasteiger partial charge in [-0.2, -0.15) is 0 Å². The van der Waals surface area contributed by atoms with Crippen LogP contribution in [-0.4, -0.2) is 16.9 Å². The predicted molar refractivity (Wildman–Crippen MR) is 109 cm³/mol. The number of amides is 2. The molecule has 3 N–H and O–H groups in total. The van der Waals surface area contributed by atoms with E-state index < -0.39 is 0 Å². The molecule has 0 aliphatic carbocycles. The van der Waals surface area contributed by atoms with Gasteiger partial charge in [0.05, 0.1) is 4.88 Å². The van der Waals surface area contributed by atoms with Crippen molar-refractivity contribution in [1.82, 2.24) is 5.32 Å². The van der Waals surface area contributed by atoms with Crippen molar-refractivity contribution in [3.05, 3.63) is 82.3 Å². The number of nitrogens with one attached hydrogen (secondary N) is 3. The summed E-state index contributed by atoms with van der Waals surface area (Å²) in [5.74, 6) is -1.02. The van der Waals surface area contributed by atoms with Crippen LogP contribution in [-0.2, 0) is 0 Å². The van der Waals surface area contributed by atoms with E-state index in [1.54, 1.807) is 41.8 Å². The highest BCUT2D eigenvalue weighted by Gasteiger charge is 2.10. The van der Waals surface area contributed by atoms with Crippen LogP contribution in [0.25, 0.3) is 0 Å². The molecule has 5 nitrogen and oxygen atoms in total. The Kier molecular flexibility index (Phi) is 5.90. The van der Waals surface area contributed by atoms with Crippen LogP contribution in [0.3, 0.4) is 0 Å². The van der Waals surface area contributed by atoms with Crippen molar-refractivity contribution in [2.24, 2.45) is 0 Å². The second-order valence-electron chi connectivity index (χ2n) is 5.43. The molecule has 27 heavy (non-hydrogen) atoms. The van der Waals surface area contributed by atoms with Gasteiger partial charge in [-0.3, -0.25) is 14.9 Å². The highest BCUT2D eigenvalue weighted by molar-refractivity contribution is 7.80. The van der Waals surface area contributed by atoms with E-state index in [-0.39, 0.29) is 22.7 Å². The molecule has 0 saturated heterocycles. The second-order valence-corrected chi connectivity index (χ2v) is 6.78. The van der Waals surface area contributed by atoms with E-state index in [1.165, 1.54) is 35.6 Å². The lowest BCUT2D eigenvalue weighted by atomic mass is 10.2. The third kappa shape index (κ3) is 5.19. The summed E-state index contributed by atoms with van der Waals surface area (Å²) >= 11 is 6.45. The zero-order chi connectivity index (χ0) is 19.2. The van der Waals surface area contributed by atoms with Gasteiger partial charge in [-0.05, 0) is 66.1 Å². The Morgan fingerprint density at radius 1 is 0.889 bits per heavy atom. The Labute approximate surface area is 164 Å². The normalized spacial score (nSPS) is 10.1. The fourth-order valence-electron chi connectivity index (χ4n) is 2.21. The number of hydrogen-bond acceptors (Lipinski definition) is 4. The number of carbonyl (C=O) groups is 2. The number of halogens is 1. The molecule has 2 amide bonds. The van der Waals surface area contributed by atoms with Crippen LogP contribution in [0.2, 0.25) is 0 Å². The van der Waals surface area contributed by atoms with E-state index in [9.17, 15) is 14.0 Å². The van der Waals surface area contributed by atoms with E-state index in [4.69, 9.17) is 12.2 Å². The molecule has 0 atom stereocenters. The fraction of sp³-hybridized carbons (Fsp3) is 0. The van der Waals surface area contributed by atoms with Gasteiger partial charge < -0.3 is 10.6 Å². The van der Waals surface area contributed by atoms with Gasteiger partial charge in [0, 0.05) is 16.9 Å². The Hall–Kier alpha value is -3.10. The topological polar surface area (TPSA) is 70.2 Å². The summed E-state index contributed by atoms with van der Waals surface area (Å²) in [6, 6.07) is 15.6. The molecule has 8 heteroatoms. The molecule has 0 aliphatic heterocycles. The first-order valence-corrected chi connectivity index (χ1v) is 9.13. The number of thiophene rings is 1. The summed E-state index contributed by atoms with van der Waals surface area (Å²) in [5.41, 5.74) is 1.42. The van der Waals surface area contributed by atoms with E-state index in [2.05, 4.69) is 16.0 Å². The summed E-state index contributed by atoms with van der Waals surface area (Å²) in [6.07, 6.45) is 0. The molecule has 1 aromatic heterocycles. The summed E-state index contributed by atoms with van der Waals surface area (Å²) in [5, 5.41) is 10.1. The lowest BCUT2D eigenvalue weighted by molar-refractivity contribution is 0.0980. The van der Waals surface area contributed by atoms with E-state index in [0.29, 0.717) is 21.8 Å². The van der Waals surface area contributed by atoms with E-state index >= 15 is 0 Å². The van der Waals surface area contributed by atoms with Gasteiger partial charge in [-0.15, -0.1) is 11.3 Å². The van der Waals surface area contributed by atoms with Crippen molar-refractivity contribution >= 4 is 51.9 Å². The Bertz CT molecular complexity index is 973. The van der Waals surface area contributed by atoms with Gasteiger partial charge in [0.25, 0.3) is 11.8 Å².